The Balaban J connectivity index is 2.62. The fourth-order valence-corrected chi connectivity index (χ4v) is 1.61. The van der Waals surface area contributed by atoms with Crippen molar-refractivity contribution in [1.29, 1.82) is 0 Å². The minimum Gasteiger partial charge on any atom is -0.496 e. The van der Waals surface area contributed by atoms with Crippen molar-refractivity contribution >= 4 is 11.0 Å². The van der Waals surface area contributed by atoms with Gasteiger partial charge in [0, 0.05) is 12.1 Å². The average Bonchev–Trinajstić information content (AvgIpc) is 2.62. The summed E-state index contributed by atoms with van der Waals surface area (Å²) in [6, 6.07) is 5.81. The van der Waals surface area contributed by atoms with Gasteiger partial charge in [-0.2, -0.15) is 0 Å². The molecular weight excluding hydrogens is 178 g/mol. The van der Waals surface area contributed by atoms with E-state index < -0.39 is 0 Å². The highest BCUT2D eigenvalue weighted by Crippen LogP contribution is 2.30. The molecule has 1 aromatic heterocycles. The van der Waals surface area contributed by atoms with Gasteiger partial charge in [-0.3, -0.25) is 0 Å². The molecule has 0 saturated carbocycles. The van der Waals surface area contributed by atoms with Crippen molar-refractivity contribution < 1.29 is 9.15 Å². The Morgan fingerprint density at radius 2 is 2.29 bits per heavy atom. The topological polar surface area (TPSA) is 34.4 Å². The highest BCUT2D eigenvalue weighted by atomic mass is 16.5. The van der Waals surface area contributed by atoms with Crippen LogP contribution in [0.25, 0.3) is 11.0 Å². The predicted octanol–water partition coefficient (Wildman–Crippen LogP) is 2.16. The van der Waals surface area contributed by atoms with E-state index in [0.29, 0.717) is 0 Å². The van der Waals surface area contributed by atoms with E-state index in [1.165, 1.54) is 0 Å². The number of benzene rings is 1. The molecule has 0 radical (unpaired) electrons. The molecule has 1 N–H and O–H groups in total. The minimum absolute atomic E-state index is 0.785. The maximum Gasteiger partial charge on any atom is 0.137 e. The lowest BCUT2D eigenvalue weighted by atomic mass is 10.1. The zero-order valence-corrected chi connectivity index (χ0v) is 8.33. The lowest BCUT2D eigenvalue weighted by Crippen LogP contribution is -2.04. The second-order valence-corrected chi connectivity index (χ2v) is 3.12. The number of nitrogens with one attached hydrogen (secondary N) is 1. The molecule has 0 amide bonds. The molecule has 0 unspecified atom stereocenters. The first-order valence-electron chi connectivity index (χ1n) is 4.54. The van der Waals surface area contributed by atoms with Crippen LogP contribution < -0.4 is 10.1 Å². The highest BCUT2D eigenvalue weighted by Gasteiger charge is 2.09. The van der Waals surface area contributed by atoms with Gasteiger partial charge in [0.2, 0.25) is 0 Å². The Morgan fingerprint density at radius 1 is 1.43 bits per heavy atom. The van der Waals surface area contributed by atoms with Gasteiger partial charge < -0.3 is 14.5 Å². The van der Waals surface area contributed by atoms with Crippen molar-refractivity contribution in [2.45, 2.75) is 6.54 Å². The van der Waals surface area contributed by atoms with Crippen molar-refractivity contribution in [3.05, 3.63) is 30.0 Å². The zero-order valence-electron chi connectivity index (χ0n) is 8.33. The second kappa shape index (κ2) is 3.72. The van der Waals surface area contributed by atoms with Crippen LogP contribution in [-0.4, -0.2) is 14.2 Å². The molecule has 2 aromatic rings. The van der Waals surface area contributed by atoms with Gasteiger partial charge in [0.1, 0.15) is 11.3 Å². The molecule has 2 rings (SSSR count). The molecule has 14 heavy (non-hydrogen) atoms. The maximum atomic E-state index is 5.42. The lowest BCUT2D eigenvalue weighted by molar-refractivity contribution is 0.419. The molecule has 1 aromatic carbocycles. The van der Waals surface area contributed by atoms with E-state index in [1.807, 2.05) is 25.2 Å². The van der Waals surface area contributed by atoms with Gasteiger partial charge in [-0.25, -0.2) is 0 Å². The highest BCUT2D eigenvalue weighted by molar-refractivity contribution is 5.87. The molecule has 0 spiro atoms. The number of hydrogen-bond donors (Lipinski definition) is 1. The number of fused-ring (bicyclic) bond motifs is 1. The molecule has 0 aliphatic heterocycles. The SMILES string of the molecule is CNCc1coc2cccc(OC)c12. The number of methoxy groups -OCH3 is 1. The van der Waals surface area contributed by atoms with Crippen LogP contribution in [0.1, 0.15) is 5.56 Å². The Labute approximate surface area is 82.7 Å². The van der Waals surface area contributed by atoms with Crippen LogP contribution in [0, 0.1) is 0 Å². The van der Waals surface area contributed by atoms with Crippen LogP contribution >= 0.6 is 0 Å². The van der Waals surface area contributed by atoms with Gasteiger partial charge >= 0.3 is 0 Å². The average molecular weight is 191 g/mol. The number of ether oxygens (including phenoxy) is 1. The predicted molar refractivity (Wildman–Crippen MR) is 55.5 cm³/mol. The number of hydrogen-bond acceptors (Lipinski definition) is 3. The smallest absolute Gasteiger partial charge is 0.137 e. The second-order valence-electron chi connectivity index (χ2n) is 3.12. The van der Waals surface area contributed by atoms with E-state index in [4.69, 9.17) is 9.15 Å². The molecule has 0 bridgehead atoms. The van der Waals surface area contributed by atoms with E-state index in [-0.39, 0.29) is 0 Å². The minimum atomic E-state index is 0.785. The van der Waals surface area contributed by atoms with E-state index in [2.05, 4.69) is 5.32 Å². The Kier molecular flexibility index (Phi) is 2.41. The van der Waals surface area contributed by atoms with Gasteiger partial charge in [0.15, 0.2) is 0 Å². The van der Waals surface area contributed by atoms with Crippen LogP contribution in [0.2, 0.25) is 0 Å². The lowest BCUT2D eigenvalue weighted by Gasteiger charge is -2.02. The van der Waals surface area contributed by atoms with E-state index in [9.17, 15) is 0 Å². The third-order valence-corrected chi connectivity index (χ3v) is 2.22. The molecule has 1 heterocycles. The van der Waals surface area contributed by atoms with Gasteiger partial charge in [-0.1, -0.05) is 6.07 Å². The summed E-state index contributed by atoms with van der Waals surface area (Å²) >= 11 is 0. The molecular formula is C11H13NO2. The first-order valence-corrected chi connectivity index (χ1v) is 4.54. The normalized spacial score (nSPS) is 10.7. The summed E-state index contributed by atoms with van der Waals surface area (Å²) in [6.45, 7) is 0.785. The molecule has 74 valence electrons. The third kappa shape index (κ3) is 1.36. The summed E-state index contributed by atoms with van der Waals surface area (Å²) < 4.78 is 10.7. The van der Waals surface area contributed by atoms with E-state index in [0.717, 1.165) is 28.8 Å². The first-order chi connectivity index (χ1) is 6.86. The van der Waals surface area contributed by atoms with Gasteiger partial charge in [-0.05, 0) is 19.2 Å². The molecule has 0 saturated heterocycles. The van der Waals surface area contributed by atoms with Crippen molar-refractivity contribution in [2.24, 2.45) is 0 Å². The largest absolute Gasteiger partial charge is 0.496 e. The summed E-state index contributed by atoms with van der Waals surface area (Å²) in [5.74, 6) is 0.863. The molecule has 0 fully saturated rings. The zero-order chi connectivity index (χ0) is 9.97. The number of rotatable bonds is 3. The molecule has 0 aliphatic carbocycles. The molecule has 0 aliphatic rings. The maximum absolute atomic E-state index is 5.42. The van der Waals surface area contributed by atoms with Crippen LogP contribution in [-0.2, 0) is 6.54 Å². The Hall–Kier alpha value is -1.48. The van der Waals surface area contributed by atoms with E-state index in [1.54, 1.807) is 13.4 Å². The fourth-order valence-electron chi connectivity index (χ4n) is 1.61. The van der Waals surface area contributed by atoms with E-state index >= 15 is 0 Å². The van der Waals surface area contributed by atoms with Crippen molar-refractivity contribution in [3.63, 3.8) is 0 Å². The fraction of sp³-hybridized carbons (Fsp3) is 0.273. The van der Waals surface area contributed by atoms with Crippen molar-refractivity contribution in [1.82, 2.24) is 5.32 Å². The van der Waals surface area contributed by atoms with Gasteiger partial charge in [-0.15, -0.1) is 0 Å². The van der Waals surface area contributed by atoms with Crippen LogP contribution in [0.15, 0.2) is 28.9 Å². The molecule has 3 heteroatoms. The first kappa shape index (κ1) is 9.09. The number of furan rings is 1. The van der Waals surface area contributed by atoms with Crippen LogP contribution in [0.5, 0.6) is 5.75 Å². The summed E-state index contributed by atoms with van der Waals surface area (Å²) in [5.41, 5.74) is 1.99. The standard InChI is InChI=1S/C11H13NO2/c1-12-6-8-7-14-10-5-3-4-9(13-2)11(8)10/h3-5,7,12H,6H2,1-2H3. The third-order valence-electron chi connectivity index (χ3n) is 2.22. The molecule has 0 atom stereocenters. The summed E-state index contributed by atoms with van der Waals surface area (Å²) in [5, 5.41) is 4.16. The molecule has 3 nitrogen and oxygen atoms in total. The monoisotopic (exact) mass is 191 g/mol. The van der Waals surface area contributed by atoms with Gasteiger partial charge in [0.25, 0.3) is 0 Å². The summed E-state index contributed by atoms with van der Waals surface area (Å²) in [6.07, 6.45) is 1.77. The summed E-state index contributed by atoms with van der Waals surface area (Å²) in [4.78, 5) is 0. The quantitative estimate of drug-likeness (QED) is 0.807. The Morgan fingerprint density at radius 3 is 3.00 bits per heavy atom. The Bertz CT molecular complexity index is 434. The van der Waals surface area contributed by atoms with Gasteiger partial charge in [0.05, 0.1) is 18.8 Å². The summed E-state index contributed by atoms with van der Waals surface area (Å²) in [7, 11) is 3.58. The van der Waals surface area contributed by atoms with Crippen LogP contribution in [0.3, 0.4) is 0 Å². The van der Waals surface area contributed by atoms with Crippen molar-refractivity contribution in [2.75, 3.05) is 14.2 Å². The van der Waals surface area contributed by atoms with Crippen molar-refractivity contribution in [3.8, 4) is 5.75 Å². The van der Waals surface area contributed by atoms with Crippen LogP contribution in [0.4, 0.5) is 0 Å².